The minimum atomic E-state index is -0.418. The quantitative estimate of drug-likeness (QED) is 0.347. The monoisotopic (exact) mass is 478 g/mol. The minimum absolute atomic E-state index is 0.376. The van der Waals surface area contributed by atoms with E-state index < -0.39 is 6.04 Å². The molecule has 1 amide bonds. The van der Waals surface area contributed by atoms with Gasteiger partial charge < -0.3 is 39.7 Å². The Hall–Kier alpha value is -4.48. The topological polar surface area (TPSA) is 145 Å². The first-order valence-corrected chi connectivity index (χ1v) is 11.0. The van der Waals surface area contributed by atoms with E-state index in [0.29, 0.717) is 47.8 Å². The first-order valence-electron chi connectivity index (χ1n) is 11.0. The summed E-state index contributed by atoms with van der Waals surface area (Å²) >= 11 is 0. The SMILES string of the molecule is COc1cc(-n2cnc(Nc3nc(N4CCCC4C(N)=O)nc4cc[nH]c34)c2)cc(OC)c1OC. The molecule has 182 valence electrons. The van der Waals surface area contributed by atoms with Crippen molar-refractivity contribution in [3.05, 3.63) is 36.9 Å². The molecule has 1 fully saturated rings. The fraction of sp³-hybridized carbons (Fsp3) is 0.304. The van der Waals surface area contributed by atoms with Gasteiger partial charge in [-0.2, -0.15) is 4.98 Å². The van der Waals surface area contributed by atoms with Crippen molar-refractivity contribution in [3.8, 4) is 22.9 Å². The van der Waals surface area contributed by atoms with Crippen LogP contribution in [0.1, 0.15) is 12.8 Å². The summed E-state index contributed by atoms with van der Waals surface area (Å²) in [6, 6.07) is 5.10. The van der Waals surface area contributed by atoms with Crippen LogP contribution in [0, 0.1) is 0 Å². The van der Waals surface area contributed by atoms with E-state index >= 15 is 0 Å². The maximum Gasteiger partial charge on any atom is 0.240 e. The van der Waals surface area contributed by atoms with E-state index in [-0.39, 0.29) is 5.91 Å². The lowest BCUT2D eigenvalue weighted by atomic mass is 10.2. The highest BCUT2D eigenvalue weighted by Crippen LogP contribution is 2.39. The van der Waals surface area contributed by atoms with Crippen molar-refractivity contribution in [1.82, 2.24) is 24.5 Å². The summed E-state index contributed by atoms with van der Waals surface area (Å²) in [6.07, 6.45) is 6.81. The van der Waals surface area contributed by atoms with Gasteiger partial charge in [-0.25, -0.2) is 9.97 Å². The van der Waals surface area contributed by atoms with Crippen LogP contribution in [-0.4, -0.2) is 64.3 Å². The smallest absolute Gasteiger partial charge is 0.240 e. The number of carbonyl (C=O) groups excluding carboxylic acids is 1. The standard InChI is InChI=1S/C23H26N8O4/c1-33-16-9-13(10-17(34-2)20(16)35-3)30-11-18(26-12-30)28-22-19-14(6-7-25-19)27-23(29-22)31-8-4-5-15(31)21(24)32/h6-7,9-12,15,25H,4-5,8H2,1-3H3,(H2,24,32)(H,27,28,29). The van der Waals surface area contributed by atoms with Gasteiger partial charge in [-0.05, 0) is 18.9 Å². The molecular weight excluding hydrogens is 452 g/mol. The van der Waals surface area contributed by atoms with Gasteiger partial charge in [0.1, 0.15) is 23.7 Å². The second-order valence-electron chi connectivity index (χ2n) is 8.04. The molecule has 12 nitrogen and oxygen atoms in total. The number of H-pyrrole nitrogens is 1. The zero-order valence-electron chi connectivity index (χ0n) is 19.6. The number of ether oxygens (including phenoxy) is 3. The van der Waals surface area contributed by atoms with Crippen molar-refractivity contribution >= 4 is 34.5 Å². The Kier molecular flexibility index (Phi) is 5.77. The number of carbonyl (C=O) groups is 1. The maximum absolute atomic E-state index is 11.9. The summed E-state index contributed by atoms with van der Waals surface area (Å²) < 4.78 is 18.1. The molecule has 1 atom stereocenters. The van der Waals surface area contributed by atoms with Crippen LogP contribution >= 0.6 is 0 Å². The molecule has 4 aromatic rings. The fourth-order valence-corrected chi connectivity index (χ4v) is 4.32. The molecule has 12 heteroatoms. The van der Waals surface area contributed by atoms with Crippen LogP contribution < -0.4 is 30.2 Å². The van der Waals surface area contributed by atoms with Crippen LogP contribution in [0.3, 0.4) is 0 Å². The number of aromatic amines is 1. The molecule has 4 heterocycles. The van der Waals surface area contributed by atoms with Crippen molar-refractivity contribution in [3.63, 3.8) is 0 Å². The molecule has 4 N–H and O–H groups in total. The number of nitrogens with two attached hydrogens (primary N) is 1. The number of rotatable bonds is 8. The van der Waals surface area contributed by atoms with Crippen LogP contribution in [0.15, 0.2) is 36.9 Å². The lowest BCUT2D eigenvalue weighted by Crippen LogP contribution is -2.41. The number of imidazole rings is 1. The summed E-state index contributed by atoms with van der Waals surface area (Å²) in [5.41, 5.74) is 7.82. The van der Waals surface area contributed by atoms with Gasteiger partial charge >= 0.3 is 0 Å². The average Bonchev–Trinajstić information content (AvgIpc) is 3.63. The molecule has 1 aliphatic rings. The molecule has 0 radical (unpaired) electrons. The van der Waals surface area contributed by atoms with Gasteiger partial charge in [-0.3, -0.25) is 4.79 Å². The number of nitrogens with zero attached hydrogens (tertiary/aromatic N) is 5. The van der Waals surface area contributed by atoms with Crippen molar-refractivity contribution < 1.29 is 19.0 Å². The highest BCUT2D eigenvalue weighted by atomic mass is 16.5. The molecule has 1 unspecified atom stereocenters. The second kappa shape index (κ2) is 9.05. The maximum atomic E-state index is 11.9. The molecule has 1 aliphatic heterocycles. The summed E-state index contributed by atoms with van der Waals surface area (Å²) in [5.74, 6) is 2.76. The molecule has 1 aromatic carbocycles. The van der Waals surface area contributed by atoms with Crippen molar-refractivity contribution in [1.29, 1.82) is 0 Å². The number of hydrogen-bond acceptors (Lipinski definition) is 9. The second-order valence-corrected chi connectivity index (χ2v) is 8.04. The molecule has 0 spiro atoms. The van der Waals surface area contributed by atoms with E-state index in [1.807, 2.05) is 33.9 Å². The van der Waals surface area contributed by atoms with E-state index in [2.05, 4.69) is 20.3 Å². The minimum Gasteiger partial charge on any atom is -0.493 e. The predicted octanol–water partition coefficient (Wildman–Crippen LogP) is 2.37. The number of nitrogens with one attached hydrogen (secondary N) is 2. The zero-order chi connectivity index (χ0) is 24.5. The molecule has 3 aromatic heterocycles. The van der Waals surface area contributed by atoms with E-state index in [1.165, 1.54) is 0 Å². The predicted molar refractivity (Wildman–Crippen MR) is 130 cm³/mol. The lowest BCUT2D eigenvalue weighted by molar-refractivity contribution is -0.119. The zero-order valence-corrected chi connectivity index (χ0v) is 19.6. The molecule has 0 saturated carbocycles. The Morgan fingerprint density at radius 3 is 2.63 bits per heavy atom. The number of amides is 1. The number of aromatic nitrogens is 5. The van der Waals surface area contributed by atoms with Gasteiger partial charge in [0.05, 0.1) is 38.7 Å². The van der Waals surface area contributed by atoms with Crippen molar-refractivity contribution in [2.24, 2.45) is 5.73 Å². The summed E-state index contributed by atoms with van der Waals surface area (Å²) in [4.78, 5) is 30.7. The summed E-state index contributed by atoms with van der Waals surface area (Å²) in [5, 5.41) is 3.27. The number of benzene rings is 1. The summed E-state index contributed by atoms with van der Waals surface area (Å²) in [7, 11) is 4.70. The highest BCUT2D eigenvalue weighted by Gasteiger charge is 2.31. The van der Waals surface area contributed by atoms with Crippen molar-refractivity contribution in [2.45, 2.75) is 18.9 Å². The number of methoxy groups -OCH3 is 3. The molecule has 0 bridgehead atoms. The third-order valence-corrected chi connectivity index (χ3v) is 6.01. The highest BCUT2D eigenvalue weighted by molar-refractivity contribution is 5.89. The third-order valence-electron chi connectivity index (χ3n) is 6.01. The first kappa shape index (κ1) is 22.3. The van der Waals surface area contributed by atoms with E-state index in [0.717, 1.165) is 23.1 Å². The van der Waals surface area contributed by atoms with Crippen LogP contribution in [0.4, 0.5) is 17.6 Å². The molecular formula is C23H26N8O4. The first-order chi connectivity index (χ1) is 17.0. The lowest BCUT2D eigenvalue weighted by Gasteiger charge is -2.22. The molecule has 35 heavy (non-hydrogen) atoms. The third kappa shape index (κ3) is 4.03. The Morgan fingerprint density at radius 1 is 1.17 bits per heavy atom. The van der Waals surface area contributed by atoms with Gasteiger partial charge in [0.2, 0.25) is 17.6 Å². The number of hydrogen-bond donors (Lipinski definition) is 3. The van der Waals surface area contributed by atoms with Crippen LogP contribution in [0.25, 0.3) is 16.7 Å². The van der Waals surface area contributed by atoms with Crippen LogP contribution in [-0.2, 0) is 4.79 Å². The largest absolute Gasteiger partial charge is 0.493 e. The van der Waals surface area contributed by atoms with E-state index in [9.17, 15) is 4.79 Å². The van der Waals surface area contributed by atoms with Gasteiger partial charge in [0.25, 0.3) is 0 Å². The van der Waals surface area contributed by atoms with Crippen LogP contribution in [0.5, 0.6) is 17.2 Å². The number of primary amides is 1. The Labute approximate surface area is 201 Å². The van der Waals surface area contributed by atoms with Gasteiger partial charge in [0, 0.05) is 24.9 Å². The van der Waals surface area contributed by atoms with E-state index in [1.54, 1.807) is 33.9 Å². The molecule has 5 rings (SSSR count). The molecule has 1 saturated heterocycles. The fourth-order valence-electron chi connectivity index (χ4n) is 4.32. The van der Waals surface area contributed by atoms with Gasteiger partial charge in [0.15, 0.2) is 17.3 Å². The van der Waals surface area contributed by atoms with Crippen molar-refractivity contribution in [2.75, 3.05) is 38.1 Å². The van der Waals surface area contributed by atoms with Gasteiger partial charge in [-0.1, -0.05) is 0 Å². The van der Waals surface area contributed by atoms with E-state index in [4.69, 9.17) is 24.9 Å². The number of fused-ring (bicyclic) bond motifs is 1. The Balaban J connectivity index is 1.48. The normalized spacial score (nSPS) is 15.4. The number of anilines is 3. The average molecular weight is 479 g/mol. The Bertz CT molecular complexity index is 1360. The van der Waals surface area contributed by atoms with Crippen LogP contribution in [0.2, 0.25) is 0 Å². The molecule has 0 aliphatic carbocycles. The van der Waals surface area contributed by atoms with Gasteiger partial charge in [-0.15, -0.1) is 0 Å². The Morgan fingerprint density at radius 2 is 1.94 bits per heavy atom. The summed E-state index contributed by atoms with van der Waals surface area (Å²) in [6.45, 7) is 0.665.